The van der Waals surface area contributed by atoms with Crippen molar-refractivity contribution < 1.29 is 14.7 Å². The normalized spacial score (nSPS) is 11.9. The molecule has 4 nitrogen and oxygen atoms in total. The van der Waals surface area contributed by atoms with Gasteiger partial charge in [-0.15, -0.1) is 0 Å². The molecule has 2 N–H and O–H groups in total. The molecular formula is C11H12ClNO3. The largest absolute Gasteiger partial charge is 0.480 e. The smallest absolute Gasteiger partial charge is 0.325 e. The monoisotopic (exact) mass is 241 g/mol. The second kappa shape index (κ2) is 5.51. The average Bonchev–Trinajstić information content (AvgIpc) is 2.16. The molecule has 5 heteroatoms. The fourth-order valence-electron chi connectivity index (χ4n) is 1.19. The minimum atomic E-state index is -1.06. The van der Waals surface area contributed by atoms with Crippen LogP contribution in [0.5, 0.6) is 0 Å². The van der Waals surface area contributed by atoms with Crippen LogP contribution in [-0.2, 0) is 16.0 Å². The highest BCUT2D eigenvalue weighted by atomic mass is 35.5. The summed E-state index contributed by atoms with van der Waals surface area (Å²) in [4.78, 5) is 21.9. The van der Waals surface area contributed by atoms with E-state index in [0.29, 0.717) is 5.02 Å². The van der Waals surface area contributed by atoms with E-state index >= 15 is 0 Å². The lowest BCUT2D eigenvalue weighted by molar-refractivity contribution is -0.141. The number of aliphatic carboxylic acids is 1. The molecule has 0 aliphatic rings. The third-order valence-corrected chi connectivity index (χ3v) is 2.24. The molecule has 0 aliphatic heterocycles. The van der Waals surface area contributed by atoms with Gasteiger partial charge in [-0.1, -0.05) is 23.7 Å². The number of benzene rings is 1. The standard InChI is InChI=1S/C11H12ClNO3/c1-7(11(15)16)13-10(14)6-8-3-2-4-9(12)5-8/h2-5,7H,6H2,1H3,(H,13,14)(H,15,16)/t7-/m0/s1. The number of carbonyl (C=O) groups excluding carboxylic acids is 1. The Bertz CT molecular complexity index is 406. The van der Waals surface area contributed by atoms with Gasteiger partial charge in [0.2, 0.25) is 5.91 Å². The van der Waals surface area contributed by atoms with Crippen LogP contribution in [0.2, 0.25) is 5.02 Å². The summed E-state index contributed by atoms with van der Waals surface area (Å²) in [6, 6.07) is 6.00. The third-order valence-electron chi connectivity index (χ3n) is 2.00. The van der Waals surface area contributed by atoms with Crippen molar-refractivity contribution in [2.45, 2.75) is 19.4 Å². The molecule has 0 bridgehead atoms. The predicted octanol–water partition coefficient (Wildman–Crippen LogP) is 1.47. The van der Waals surface area contributed by atoms with Gasteiger partial charge in [-0.3, -0.25) is 9.59 Å². The molecule has 0 saturated heterocycles. The fraction of sp³-hybridized carbons (Fsp3) is 0.273. The first-order valence-electron chi connectivity index (χ1n) is 4.75. The van der Waals surface area contributed by atoms with E-state index in [1.165, 1.54) is 6.92 Å². The van der Waals surface area contributed by atoms with E-state index in [1.807, 2.05) is 0 Å². The first-order chi connectivity index (χ1) is 7.49. The Kier molecular flexibility index (Phi) is 4.31. The zero-order valence-corrected chi connectivity index (χ0v) is 9.49. The SMILES string of the molecule is C[C@H](NC(=O)Cc1cccc(Cl)c1)C(=O)O. The minimum absolute atomic E-state index is 0.123. The molecule has 86 valence electrons. The summed E-state index contributed by atoms with van der Waals surface area (Å²) in [5, 5.41) is 11.5. The van der Waals surface area contributed by atoms with Crippen LogP contribution in [0.15, 0.2) is 24.3 Å². The van der Waals surface area contributed by atoms with Crippen molar-refractivity contribution in [1.29, 1.82) is 0 Å². The Labute approximate surface area is 98.2 Å². The molecular weight excluding hydrogens is 230 g/mol. The Morgan fingerprint density at radius 2 is 2.19 bits per heavy atom. The second-order valence-corrected chi connectivity index (χ2v) is 3.87. The zero-order valence-electron chi connectivity index (χ0n) is 8.74. The minimum Gasteiger partial charge on any atom is -0.480 e. The Hall–Kier alpha value is -1.55. The number of rotatable bonds is 4. The van der Waals surface area contributed by atoms with Gasteiger partial charge in [0.1, 0.15) is 6.04 Å². The maximum atomic E-state index is 11.4. The van der Waals surface area contributed by atoms with E-state index in [9.17, 15) is 9.59 Å². The quantitative estimate of drug-likeness (QED) is 0.839. The van der Waals surface area contributed by atoms with E-state index in [1.54, 1.807) is 24.3 Å². The van der Waals surface area contributed by atoms with Gasteiger partial charge < -0.3 is 10.4 Å². The van der Waals surface area contributed by atoms with Crippen molar-refractivity contribution in [3.63, 3.8) is 0 Å². The number of carboxylic acid groups (broad SMARTS) is 1. The lowest BCUT2D eigenvalue weighted by atomic mass is 10.1. The van der Waals surface area contributed by atoms with Crippen LogP contribution in [0.1, 0.15) is 12.5 Å². The molecule has 0 aromatic heterocycles. The van der Waals surface area contributed by atoms with Crippen LogP contribution < -0.4 is 5.32 Å². The first kappa shape index (κ1) is 12.5. The van der Waals surface area contributed by atoms with Gasteiger partial charge in [0, 0.05) is 5.02 Å². The highest BCUT2D eigenvalue weighted by Gasteiger charge is 2.13. The van der Waals surface area contributed by atoms with E-state index in [4.69, 9.17) is 16.7 Å². The Morgan fingerprint density at radius 3 is 2.75 bits per heavy atom. The number of hydrogen-bond donors (Lipinski definition) is 2. The van der Waals surface area contributed by atoms with Crippen LogP contribution in [0, 0.1) is 0 Å². The van der Waals surface area contributed by atoms with Gasteiger partial charge in [0.25, 0.3) is 0 Å². The molecule has 1 amide bonds. The lowest BCUT2D eigenvalue weighted by Gasteiger charge is -2.09. The van der Waals surface area contributed by atoms with Crippen molar-refractivity contribution in [1.82, 2.24) is 5.32 Å². The molecule has 16 heavy (non-hydrogen) atoms. The molecule has 0 saturated carbocycles. The molecule has 0 spiro atoms. The Balaban J connectivity index is 2.55. The summed E-state index contributed by atoms with van der Waals surface area (Å²) in [6.07, 6.45) is 0.123. The van der Waals surface area contributed by atoms with Crippen LogP contribution in [0.4, 0.5) is 0 Å². The molecule has 1 aromatic carbocycles. The Morgan fingerprint density at radius 1 is 1.50 bits per heavy atom. The maximum absolute atomic E-state index is 11.4. The summed E-state index contributed by atoms with van der Waals surface area (Å²) < 4.78 is 0. The molecule has 0 fully saturated rings. The molecule has 1 rings (SSSR count). The highest BCUT2D eigenvalue weighted by Crippen LogP contribution is 2.10. The zero-order chi connectivity index (χ0) is 12.1. The summed E-state index contributed by atoms with van der Waals surface area (Å²) in [5.74, 6) is -1.39. The maximum Gasteiger partial charge on any atom is 0.325 e. The number of carboxylic acids is 1. The molecule has 1 aromatic rings. The summed E-state index contributed by atoms with van der Waals surface area (Å²) in [5.41, 5.74) is 0.752. The van der Waals surface area contributed by atoms with Crippen LogP contribution in [-0.4, -0.2) is 23.0 Å². The molecule has 0 heterocycles. The fourth-order valence-corrected chi connectivity index (χ4v) is 1.40. The predicted molar refractivity (Wildman–Crippen MR) is 60.4 cm³/mol. The van der Waals surface area contributed by atoms with Gasteiger partial charge >= 0.3 is 5.97 Å². The number of halogens is 1. The van der Waals surface area contributed by atoms with Crippen molar-refractivity contribution in [2.75, 3.05) is 0 Å². The number of hydrogen-bond acceptors (Lipinski definition) is 2. The van der Waals surface area contributed by atoms with E-state index in [0.717, 1.165) is 5.56 Å². The third kappa shape index (κ3) is 3.90. The van der Waals surface area contributed by atoms with Gasteiger partial charge in [-0.05, 0) is 24.6 Å². The van der Waals surface area contributed by atoms with Crippen molar-refractivity contribution in [3.05, 3.63) is 34.9 Å². The summed E-state index contributed by atoms with van der Waals surface area (Å²) >= 11 is 5.76. The van der Waals surface area contributed by atoms with Gasteiger partial charge in [0.15, 0.2) is 0 Å². The van der Waals surface area contributed by atoms with Crippen LogP contribution >= 0.6 is 11.6 Å². The lowest BCUT2D eigenvalue weighted by Crippen LogP contribution is -2.39. The molecule has 0 radical (unpaired) electrons. The number of nitrogens with one attached hydrogen (secondary N) is 1. The molecule has 0 aliphatic carbocycles. The molecule has 0 unspecified atom stereocenters. The van der Waals surface area contributed by atoms with E-state index in [-0.39, 0.29) is 12.3 Å². The van der Waals surface area contributed by atoms with E-state index in [2.05, 4.69) is 5.32 Å². The van der Waals surface area contributed by atoms with Crippen LogP contribution in [0.3, 0.4) is 0 Å². The van der Waals surface area contributed by atoms with Crippen LogP contribution in [0.25, 0.3) is 0 Å². The first-order valence-corrected chi connectivity index (χ1v) is 5.13. The molecule has 1 atom stereocenters. The average molecular weight is 242 g/mol. The summed E-state index contributed by atoms with van der Waals surface area (Å²) in [6.45, 7) is 1.41. The van der Waals surface area contributed by atoms with Gasteiger partial charge in [0.05, 0.1) is 6.42 Å². The van der Waals surface area contributed by atoms with E-state index < -0.39 is 12.0 Å². The van der Waals surface area contributed by atoms with Gasteiger partial charge in [-0.25, -0.2) is 0 Å². The van der Waals surface area contributed by atoms with Gasteiger partial charge in [-0.2, -0.15) is 0 Å². The summed E-state index contributed by atoms with van der Waals surface area (Å²) in [7, 11) is 0. The van der Waals surface area contributed by atoms with Crippen molar-refractivity contribution >= 4 is 23.5 Å². The van der Waals surface area contributed by atoms with Crippen molar-refractivity contribution in [2.24, 2.45) is 0 Å². The number of amides is 1. The highest BCUT2D eigenvalue weighted by molar-refractivity contribution is 6.30. The number of carbonyl (C=O) groups is 2. The second-order valence-electron chi connectivity index (χ2n) is 3.43. The topological polar surface area (TPSA) is 66.4 Å². The van der Waals surface area contributed by atoms with Crippen molar-refractivity contribution in [3.8, 4) is 0 Å².